The monoisotopic (exact) mass is 628 g/mol. The molecule has 0 aromatic heterocycles. The summed E-state index contributed by atoms with van der Waals surface area (Å²) >= 11 is 6.47. The molecule has 0 N–H and O–H groups in total. The van der Waals surface area contributed by atoms with Gasteiger partial charge in [-0.1, -0.05) is 72.3 Å². The molecule has 0 aliphatic heterocycles. The van der Waals surface area contributed by atoms with Gasteiger partial charge in [-0.3, -0.25) is 9.59 Å². The molecule has 0 spiro atoms. The summed E-state index contributed by atoms with van der Waals surface area (Å²) in [6, 6.07) is 31.6. The van der Waals surface area contributed by atoms with E-state index in [-0.39, 0.29) is 26.4 Å². The van der Waals surface area contributed by atoms with Gasteiger partial charge in [-0.25, -0.2) is 0 Å². The van der Waals surface area contributed by atoms with Crippen molar-refractivity contribution in [2.45, 2.75) is 26.1 Å². The molecule has 0 saturated heterocycles. The van der Waals surface area contributed by atoms with Crippen LogP contribution in [0.5, 0.6) is 23.0 Å². The second-order valence-corrected chi connectivity index (χ2v) is 10.7. The minimum atomic E-state index is -0.680. The fraction of sp³-hybridized carbons (Fsp3) is 0.222. The number of fused-ring (bicyclic) bond motifs is 2. The zero-order valence-electron chi connectivity index (χ0n) is 24.9. The molecule has 5 aromatic carbocycles. The number of rotatable bonds is 14. The Morgan fingerprint density at radius 2 is 0.933 bits per heavy atom. The summed E-state index contributed by atoms with van der Waals surface area (Å²) in [5, 5.41) is 3.48. The summed E-state index contributed by atoms with van der Waals surface area (Å²) in [5.74, 6) is 1.55. The van der Waals surface area contributed by atoms with Crippen LogP contribution in [0.3, 0.4) is 0 Å². The Bertz CT molecular complexity index is 1740. The van der Waals surface area contributed by atoms with Crippen molar-refractivity contribution in [3.63, 3.8) is 0 Å². The van der Waals surface area contributed by atoms with Gasteiger partial charge >= 0.3 is 11.9 Å². The summed E-state index contributed by atoms with van der Waals surface area (Å²) in [4.78, 5) is 23.8. The van der Waals surface area contributed by atoms with Gasteiger partial charge in [-0.2, -0.15) is 0 Å². The van der Waals surface area contributed by atoms with Crippen molar-refractivity contribution in [1.82, 2.24) is 0 Å². The molecule has 45 heavy (non-hydrogen) atoms. The van der Waals surface area contributed by atoms with Gasteiger partial charge in [-0.15, -0.1) is 0 Å². The number of carbonyl (C=O) groups excluding carboxylic acids is 2. The minimum Gasteiger partial charge on any atom is -0.490 e. The van der Waals surface area contributed by atoms with E-state index in [0.717, 1.165) is 16.2 Å². The van der Waals surface area contributed by atoms with Crippen LogP contribution >= 0.6 is 11.6 Å². The Hall–Kier alpha value is -4.95. The molecule has 8 nitrogen and oxygen atoms in total. The number of para-hydroxylation sites is 2. The molecule has 232 valence electrons. The number of halogens is 1. The first kappa shape index (κ1) is 31.5. The van der Waals surface area contributed by atoms with E-state index in [1.54, 1.807) is 12.1 Å². The van der Waals surface area contributed by atoms with Crippen molar-refractivity contribution in [2.24, 2.45) is 0 Å². The van der Waals surface area contributed by atoms with Gasteiger partial charge in [0.1, 0.15) is 49.4 Å². The molecule has 0 bridgehead atoms. The maximum absolute atomic E-state index is 11.9. The first-order valence-corrected chi connectivity index (χ1v) is 14.8. The van der Waals surface area contributed by atoms with Crippen molar-refractivity contribution < 1.29 is 38.0 Å². The van der Waals surface area contributed by atoms with Crippen LogP contribution in [-0.4, -0.2) is 50.6 Å². The highest BCUT2D eigenvalue weighted by Crippen LogP contribution is 2.43. The molecular weight excluding hydrogens is 596 g/mol. The number of benzene rings is 5. The van der Waals surface area contributed by atoms with Gasteiger partial charge in [0, 0.05) is 40.4 Å². The van der Waals surface area contributed by atoms with Gasteiger partial charge < -0.3 is 28.4 Å². The lowest BCUT2D eigenvalue weighted by molar-refractivity contribution is -0.150. The minimum absolute atomic E-state index is 0.0313. The zero-order valence-corrected chi connectivity index (χ0v) is 25.7. The largest absolute Gasteiger partial charge is 0.490 e. The average Bonchev–Trinajstić information content (AvgIpc) is 3.04. The maximum Gasteiger partial charge on any atom is 0.303 e. The van der Waals surface area contributed by atoms with Crippen LogP contribution in [0.4, 0.5) is 0 Å². The van der Waals surface area contributed by atoms with Crippen molar-refractivity contribution in [3.05, 3.63) is 108 Å². The number of carbonyl (C=O) groups is 2. The van der Waals surface area contributed by atoms with E-state index in [1.807, 2.05) is 91.0 Å². The van der Waals surface area contributed by atoms with E-state index < -0.39 is 24.1 Å². The third-order valence-corrected chi connectivity index (χ3v) is 6.97. The highest BCUT2D eigenvalue weighted by molar-refractivity contribution is 6.31. The van der Waals surface area contributed by atoms with Crippen LogP contribution < -0.4 is 18.9 Å². The molecule has 9 heteroatoms. The Morgan fingerprint density at radius 3 is 1.40 bits per heavy atom. The highest BCUT2D eigenvalue weighted by Gasteiger charge is 2.22. The van der Waals surface area contributed by atoms with Gasteiger partial charge in [0.15, 0.2) is 12.2 Å². The van der Waals surface area contributed by atoms with E-state index in [0.29, 0.717) is 33.4 Å². The van der Waals surface area contributed by atoms with Gasteiger partial charge in [0.05, 0.1) is 0 Å². The predicted molar refractivity (Wildman–Crippen MR) is 172 cm³/mol. The van der Waals surface area contributed by atoms with Crippen molar-refractivity contribution >= 4 is 45.1 Å². The van der Waals surface area contributed by atoms with Crippen LogP contribution in [0, 0.1) is 0 Å². The Labute approximate surface area is 266 Å². The van der Waals surface area contributed by atoms with Crippen molar-refractivity contribution in [1.29, 1.82) is 0 Å². The number of hydrogen-bond donors (Lipinski definition) is 0. The summed E-state index contributed by atoms with van der Waals surface area (Å²) < 4.78 is 35.6. The number of esters is 2. The summed E-state index contributed by atoms with van der Waals surface area (Å²) in [7, 11) is 0. The second-order valence-electron chi connectivity index (χ2n) is 10.2. The first-order valence-electron chi connectivity index (χ1n) is 14.5. The van der Waals surface area contributed by atoms with Crippen LogP contribution in [0.2, 0.25) is 5.02 Å². The summed E-state index contributed by atoms with van der Waals surface area (Å²) in [5.41, 5.74) is 0. The molecule has 5 aromatic rings. The summed E-state index contributed by atoms with van der Waals surface area (Å²) in [6.07, 6.45) is -1.35. The van der Waals surface area contributed by atoms with E-state index in [4.69, 9.17) is 40.0 Å². The third kappa shape index (κ3) is 8.58. The van der Waals surface area contributed by atoms with Crippen molar-refractivity contribution in [2.75, 3.05) is 26.4 Å². The van der Waals surface area contributed by atoms with E-state index in [1.165, 1.54) is 13.8 Å². The van der Waals surface area contributed by atoms with Crippen LogP contribution in [0.1, 0.15) is 13.8 Å². The Balaban J connectivity index is 1.43. The molecule has 0 saturated carbocycles. The molecule has 0 radical (unpaired) electrons. The normalized spacial score (nSPS) is 12.2. The molecule has 0 fully saturated rings. The summed E-state index contributed by atoms with van der Waals surface area (Å²) in [6.45, 7) is 2.98. The predicted octanol–water partition coefficient (Wildman–Crippen LogP) is 7.43. The smallest absolute Gasteiger partial charge is 0.303 e. The quantitative estimate of drug-likeness (QED) is 0.0927. The molecule has 0 aliphatic rings. The topological polar surface area (TPSA) is 89.5 Å². The molecular formula is C36H33ClO8. The lowest BCUT2D eigenvalue weighted by atomic mass is 10.0. The van der Waals surface area contributed by atoms with Crippen LogP contribution in [0.15, 0.2) is 103 Å². The van der Waals surface area contributed by atoms with E-state index in [2.05, 4.69) is 0 Å². The second kappa shape index (κ2) is 15.2. The number of hydrogen-bond acceptors (Lipinski definition) is 8. The molecule has 0 aliphatic carbocycles. The SMILES string of the molecule is CC(=O)OC(COc1ccccc1)COc1c2ccccc2c(OCC(COc2ccccc2)OC(C)=O)c2cc(Cl)ccc12. The maximum atomic E-state index is 11.9. The first-order chi connectivity index (χ1) is 21.9. The zero-order chi connectivity index (χ0) is 31.6. The Morgan fingerprint density at radius 1 is 0.533 bits per heavy atom. The number of ether oxygens (including phenoxy) is 6. The van der Waals surface area contributed by atoms with Gasteiger partial charge in [0.2, 0.25) is 0 Å². The van der Waals surface area contributed by atoms with E-state index >= 15 is 0 Å². The van der Waals surface area contributed by atoms with Crippen LogP contribution in [-0.2, 0) is 19.1 Å². The molecule has 2 unspecified atom stereocenters. The molecule has 2 atom stereocenters. The molecule has 0 heterocycles. The third-order valence-electron chi connectivity index (χ3n) is 6.74. The highest BCUT2D eigenvalue weighted by atomic mass is 35.5. The van der Waals surface area contributed by atoms with Gasteiger partial charge in [0.25, 0.3) is 0 Å². The fourth-order valence-electron chi connectivity index (χ4n) is 4.85. The van der Waals surface area contributed by atoms with E-state index in [9.17, 15) is 9.59 Å². The standard InChI is InChI=1S/C36H33ClO8/c1-24(38)44-29(20-40-27-11-5-3-6-12-27)22-42-35-31-15-9-10-16-32(31)36(34-19-26(37)17-18-33(34)35)43-23-30(45-25(2)39)21-41-28-13-7-4-8-14-28/h3-19,29-30H,20-23H2,1-2H3. The van der Waals surface area contributed by atoms with Crippen LogP contribution in [0.25, 0.3) is 21.5 Å². The molecule has 5 rings (SSSR count). The Kier molecular flexibility index (Phi) is 10.6. The van der Waals surface area contributed by atoms with Gasteiger partial charge in [-0.05, 0) is 42.5 Å². The average molecular weight is 629 g/mol. The van der Waals surface area contributed by atoms with Crippen molar-refractivity contribution in [3.8, 4) is 23.0 Å². The fourth-order valence-corrected chi connectivity index (χ4v) is 5.02. The lowest BCUT2D eigenvalue weighted by Crippen LogP contribution is -2.30. The molecule has 0 amide bonds. The lowest BCUT2D eigenvalue weighted by Gasteiger charge is -2.23.